The van der Waals surface area contributed by atoms with Crippen molar-refractivity contribution in [3.8, 4) is 0 Å². The van der Waals surface area contributed by atoms with Gasteiger partial charge in [-0.2, -0.15) is 0 Å². The lowest BCUT2D eigenvalue weighted by Gasteiger charge is -1.89. The first-order valence-electron chi connectivity index (χ1n) is 2.82. The average molecular weight is 123 g/mol. The molecule has 1 heterocycles. The van der Waals surface area contributed by atoms with Crippen LogP contribution in [0.3, 0.4) is 0 Å². The van der Waals surface area contributed by atoms with Crippen LogP contribution in [0, 0.1) is 0 Å². The zero-order valence-electron chi connectivity index (χ0n) is 5.04. The highest BCUT2D eigenvalue weighted by molar-refractivity contribution is 5.26. The Balaban J connectivity index is 2.67. The maximum atomic E-state index is 8.63. The molecular formula is C7H9NO. The minimum absolute atomic E-state index is 0.0997. The highest BCUT2D eigenvalue weighted by Gasteiger charge is 1.86. The van der Waals surface area contributed by atoms with Crippen molar-refractivity contribution in [2.24, 2.45) is 0 Å². The number of hydrogen-bond acceptors (Lipinski definition) is 2. The summed E-state index contributed by atoms with van der Waals surface area (Å²) >= 11 is 0. The van der Waals surface area contributed by atoms with Crippen LogP contribution in [0.5, 0.6) is 0 Å². The van der Waals surface area contributed by atoms with Gasteiger partial charge in [-0.25, -0.2) is 0 Å². The standard InChI is InChI=1S/C7H9NO/c9-6-7-2-1-4-8-5-3-7/h1-5,8-9H,6H2. The molecule has 0 unspecified atom stereocenters. The molecule has 0 aromatic carbocycles. The molecule has 2 N–H and O–H groups in total. The van der Waals surface area contributed by atoms with Crippen LogP contribution < -0.4 is 5.32 Å². The molecule has 0 aromatic heterocycles. The molecule has 1 aliphatic heterocycles. The molecule has 0 bridgehead atoms. The number of rotatable bonds is 1. The van der Waals surface area contributed by atoms with Crippen molar-refractivity contribution in [2.75, 3.05) is 6.61 Å². The maximum absolute atomic E-state index is 8.63. The van der Waals surface area contributed by atoms with Crippen LogP contribution in [0.2, 0.25) is 0 Å². The number of allylic oxidation sites excluding steroid dienone is 2. The summed E-state index contributed by atoms with van der Waals surface area (Å²) in [5.74, 6) is 0. The topological polar surface area (TPSA) is 32.3 Å². The number of aliphatic hydroxyl groups excluding tert-OH is 1. The first-order chi connectivity index (χ1) is 4.43. The fourth-order valence-electron chi connectivity index (χ4n) is 0.599. The monoisotopic (exact) mass is 123 g/mol. The lowest BCUT2D eigenvalue weighted by atomic mass is 10.2. The molecule has 2 nitrogen and oxygen atoms in total. The zero-order chi connectivity index (χ0) is 6.53. The van der Waals surface area contributed by atoms with Crippen LogP contribution in [0.15, 0.2) is 36.2 Å². The predicted octanol–water partition coefficient (Wildman–Crippen LogP) is 0.536. The van der Waals surface area contributed by atoms with E-state index in [0.29, 0.717) is 0 Å². The summed E-state index contributed by atoms with van der Waals surface area (Å²) in [4.78, 5) is 0. The van der Waals surface area contributed by atoms with Crippen molar-refractivity contribution in [1.29, 1.82) is 0 Å². The highest BCUT2D eigenvalue weighted by Crippen LogP contribution is 1.96. The SMILES string of the molecule is OCC1=CC=CNC=C1. The summed E-state index contributed by atoms with van der Waals surface area (Å²) < 4.78 is 0. The van der Waals surface area contributed by atoms with Crippen molar-refractivity contribution in [3.63, 3.8) is 0 Å². The van der Waals surface area contributed by atoms with Gasteiger partial charge in [-0.3, -0.25) is 0 Å². The van der Waals surface area contributed by atoms with Crippen molar-refractivity contribution < 1.29 is 5.11 Å². The van der Waals surface area contributed by atoms with Gasteiger partial charge in [0.05, 0.1) is 6.61 Å². The van der Waals surface area contributed by atoms with E-state index in [1.807, 2.05) is 18.2 Å². The second kappa shape index (κ2) is 3.10. The summed E-state index contributed by atoms with van der Waals surface area (Å²) in [5.41, 5.74) is 0.913. The molecule has 1 rings (SSSR count). The third-order valence-electron chi connectivity index (χ3n) is 1.08. The molecule has 9 heavy (non-hydrogen) atoms. The van der Waals surface area contributed by atoms with Crippen LogP contribution in [-0.4, -0.2) is 11.7 Å². The number of nitrogens with one attached hydrogen (secondary N) is 1. The Labute approximate surface area is 54.2 Å². The van der Waals surface area contributed by atoms with Gasteiger partial charge in [0.1, 0.15) is 0 Å². The Bertz CT molecular complexity index is 168. The van der Waals surface area contributed by atoms with E-state index >= 15 is 0 Å². The molecule has 0 amide bonds. The van der Waals surface area contributed by atoms with Crippen LogP contribution in [-0.2, 0) is 0 Å². The van der Waals surface area contributed by atoms with Crippen LogP contribution in [0.1, 0.15) is 0 Å². The Morgan fingerprint density at radius 2 is 2.33 bits per heavy atom. The van der Waals surface area contributed by atoms with Gasteiger partial charge in [-0.15, -0.1) is 0 Å². The van der Waals surface area contributed by atoms with E-state index in [2.05, 4.69) is 5.32 Å². The van der Waals surface area contributed by atoms with Gasteiger partial charge in [0.25, 0.3) is 0 Å². The average Bonchev–Trinajstić information content (AvgIpc) is 2.13. The zero-order valence-corrected chi connectivity index (χ0v) is 5.04. The van der Waals surface area contributed by atoms with E-state index in [-0.39, 0.29) is 6.61 Å². The maximum Gasteiger partial charge on any atom is 0.0682 e. The first-order valence-corrected chi connectivity index (χ1v) is 2.82. The second-order valence-electron chi connectivity index (χ2n) is 1.76. The highest BCUT2D eigenvalue weighted by atomic mass is 16.3. The van der Waals surface area contributed by atoms with E-state index in [0.717, 1.165) is 5.57 Å². The summed E-state index contributed by atoms with van der Waals surface area (Å²) in [6.45, 7) is 0.0997. The molecule has 0 saturated heterocycles. The molecule has 0 atom stereocenters. The molecule has 1 aliphatic rings. The smallest absolute Gasteiger partial charge is 0.0682 e. The van der Waals surface area contributed by atoms with Crippen LogP contribution in [0.4, 0.5) is 0 Å². The molecule has 0 fully saturated rings. The Hall–Kier alpha value is -1.02. The van der Waals surface area contributed by atoms with Gasteiger partial charge in [-0.1, -0.05) is 6.08 Å². The fourth-order valence-corrected chi connectivity index (χ4v) is 0.599. The van der Waals surface area contributed by atoms with Crippen LogP contribution in [0.25, 0.3) is 0 Å². The summed E-state index contributed by atoms with van der Waals surface area (Å²) in [5, 5.41) is 11.5. The first kappa shape index (κ1) is 6.11. The Kier molecular flexibility index (Phi) is 2.10. The van der Waals surface area contributed by atoms with E-state index in [4.69, 9.17) is 5.11 Å². The third kappa shape index (κ3) is 1.74. The minimum Gasteiger partial charge on any atom is -0.392 e. The van der Waals surface area contributed by atoms with E-state index < -0.39 is 0 Å². The summed E-state index contributed by atoms with van der Waals surface area (Å²) in [6, 6.07) is 0. The largest absolute Gasteiger partial charge is 0.392 e. The molecular weight excluding hydrogens is 114 g/mol. The predicted molar refractivity (Wildman–Crippen MR) is 36.6 cm³/mol. The van der Waals surface area contributed by atoms with E-state index in [1.165, 1.54) is 0 Å². The number of hydrogen-bond donors (Lipinski definition) is 2. The molecule has 0 aliphatic carbocycles. The van der Waals surface area contributed by atoms with Gasteiger partial charge >= 0.3 is 0 Å². The normalized spacial score (nSPS) is 16.3. The lowest BCUT2D eigenvalue weighted by molar-refractivity contribution is 0.335. The van der Waals surface area contributed by atoms with Crippen LogP contribution >= 0.6 is 0 Å². The molecule has 48 valence electrons. The van der Waals surface area contributed by atoms with Gasteiger partial charge in [-0.05, 0) is 17.7 Å². The molecule has 0 aromatic rings. The van der Waals surface area contributed by atoms with Crippen molar-refractivity contribution in [2.45, 2.75) is 0 Å². The third-order valence-corrected chi connectivity index (χ3v) is 1.08. The minimum atomic E-state index is 0.0997. The molecule has 0 spiro atoms. The van der Waals surface area contributed by atoms with Crippen molar-refractivity contribution in [3.05, 3.63) is 36.2 Å². The Morgan fingerprint density at radius 1 is 1.44 bits per heavy atom. The summed E-state index contributed by atoms with van der Waals surface area (Å²) in [6.07, 6.45) is 9.13. The van der Waals surface area contributed by atoms with Crippen molar-refractivity contribution >= 4 is 0 Å². The molecule has 0 radical (unpaired) electrons. The lowest BCUT2D eigenvalue weighted by Crippen LogP contribution is -1.89. The van der Waals surface area contributed by atoms with E-state index in [9.17, 15) is 0 Å². The van der Waals surface area contributed by atoms with Gasteiger partial charge < -0.3 is 10.4 Å². The van der Waals surface area contributed by atoms with Gasteiger partial charge in [0.2, 0.25) is 0 Å². The van der Waals surface area contributed by atoms with Gasteiger partial charge in [0.15, 0.2) is 0 Å². The quantitative estimate of drug-likeness (QED) is 0.533. The van der Waals surface area contributed by atoms with Crippen molar-refractivity contribution in [1.82, 2.24) is 5.32 Å². The number of aliphatic hydroxyl groups is 1. The molecule has 2 heteroatoms. The Morgan fingerprint density at radius 3 is 3.11 bits per heavy atom. The fraction of sp³-hybridized carbons (Fsp3) is 0.143. The summed E-state index contributed by atoms with van der Waals surface area (Å²) in [7, 11) is 0. The van der Waals surface area contributed by atoms with Gasteiger partial charge in [0, 0.05) is 12.4 Å². The molecule has 0 saturated carbocycles. The second-order valence-corrected chi connectivity index (χ2v) is 1.76. The van der Waals surface area contributed by atoms with E-state index in [1.54, 1.807) is 12.4 Å².